The molecule has 3 heteroatoms. The van der Waals surface area contributed by atoms with Crippen molar-refractivity contribution in [1.29, 1.82) is 0 Å². The second kappa shape index (κ2) is 4.52. The molecule has 0 fully saturated rings. The van der Waals surface area contributed by atoms with Crippen LogP contribution in [0.5, 0.6) is 0 Å². The van der Waals surface area contributed by atoms with Gasteiger partial charge in [0, 0.05) is 0 Å². The second-order valence-corrected chi connectivity index (χ2v) is 5.61. The average molecular weight is 216 g/mol. The van der Waals surface area contributed by atoms with E-state index in [1.54, 1.807) is 20.8 Å². The third-order valence-corrected chi connectivity index (χ3v) is 3.58. The highest BCUT2D eigenvalue weighted by Crippen LogP contribution is 2.39. The molecule has 0 aliphatic carbocycles. The van der Waals surface area contributed by atoms with E-state index in [0.717, 1.165) is 6.42 Å². The number of hydrogen-bond donors (Lipinski definition) is 2. The summed E-state index contributed by atoms with van der Waals surface area (Å²) in [6, 6.07) is 0. The van der Waals surface area contributed by atoms with E-state index >= 15 is 0 Å². The van der Waals surface area contributed by atoms with Gasteiger partial charge in [0.25, 0.3) is 0 Å². The Morgan fingerprint density at radius 3 is 1.87 bits per heavy atom. The van der Waals surface area contributed by atoms with Crippen molar-refractivity contribution in [3.63, 3.8) is 0 Å². The SMILES string of the molecule is CC(C)CC(C)C(C)(O)C(C)(C)C(=O)O. The number of aliphatic carboxylic acids is 1. The number of hydrogen-bond acceptors (Lipinski definition) is 2. The summed E-state index contributed by atoms with van der Waals surface area (Å²) >= 11 is 0. The molecule has 0 bridgehead atoms. The maximum Gasteiger partial charge on any atom is 0.312 e. The third kappa shape index (κ3) is 2.94. The van der Waals surface area contributed by atoms with Gasteiger partial charge in [0.05, 0.1) is 11.0 Å². The highest BCUT2D eigenvalue weighted by Gasteiger charge is 2.48. The Morgan fingerprint density at radius 1 is 1.20 bits per heavy atom. The van der Waals surface area contributed by atoms with Crippen LogP contribution in [0.15, 0.2) is 0 Å². The molecule has 2 unspecified atom stereocenters. The normalized spacial score (nSPS) is 18.7. The standard InChI is InChI=1S/C12H24O3/c1-8(2)7-9(3)12(6,15)11(4,5)10(13)14/h8-9,15H,7H2,1-6H3,(H,13,14). The molecule has 0 aromatic carbocycles. The number of carboxylic acids is 1. The predicted molar refractivity (Wildman–Crippen MR) is 60.7 cm³/mol. The Bertz CT molecular complexity index is 229. The molecular formula is C12H24O3. The van der Waals surface area contributed by atoms with Crippen molar-refractivity contribution in [2.75, 3.05) is 0 Å². The smallest absolute Gasteiger partial charge is 0.312 e. The molecule has 0 rings (SSSR count). The topological polar surface area (TPSA) is 57.5 Å². The monoisotopic (exact) mass is 216 g/mol. The van der Waals surface area contributed by atoms with Gasteiger partial charge in [0.1, 0.15) is 0 Å². The number of carboxylic acid groups (broad SMARTS) is 1. The van der Waals surface area contributed by atoms with Gasteiger partial charge in [-0.25, -0.2) is 0 Å². The third-order valence-electron chi connectivity index (χ3n) is 3.58. The fourth-order valence-corrected chi connectivity index (χ4v) is 1.77. The largest absolute Gasteiger partial charge is 0.481 e. The molecule has 0 aromatic rings. The molecule has 0 saturated heterocycles. The fraction of sp³-hybridized carbons (Fsp3) is 0.917. The van der Waals surface area contributed by atoms with Crippen LogP contribution in [0.4, 0.5) is 0 Å². The van der Waals surface area contributed by atoms with E-state index in [1.807, 2.05) is 6.92 Å². The second-order valence-electron chi connectivity index (χ2n) is 5.61. The average Bonchev–Trinajstić information content (AvgIpc) is 2.01. The maximum absolute atomic E-state index is 11.1. The van der Waals surface area contributed by atoms with E-state index < -0.39 is 17.0 Å². The van der Waals surface area contributed by atoms with Crippen molar-refractivity contribution in [2.45, 2.75) is 53.6 Å². The first kappa shape index (κ1) is 14.4. The summed E-state index contributed by atoms with van der Waals surface area (Å²) in [5.74, 6) is -0.539. The predicted octanol–water partition coefficient (Wildman–Crippen LogP) is 2.53. The van der Waals surface area contributed by atoms with Crippen molar-refractivity contribution in [1.82, 2.24) is 0 Å². The Hall–Kier alpha value is -0.570. The Balaban J connectivity index is 4.87. The van der Waals surface area contributed by atoms with Gasteiger partial charge >= 0.3 is 5.97 Å². The van der Waals surface area contributed by atoms with Gasteiger partial charge < -0.3 is 10.2 Å². The van der Waals surface area contributed by atoms with E-state index in [-0.39, 0.29) is 5.92 Å². The summed E-state index contributed by atoms with van der Waals surface area (Å²) < 4.78 is 0. The lowest BCUT2D eigenvalue weighted by Crippen LogP contribution is -2.51. The van der Waals surface area contributed by atoms with Gasteiger partial charge in [-0.15, -0.1) is 0 Å². The molecule has 2 N–H and O–H groups in total. The number of carbonyl (C=O) groups is 1. The molecule has 2 atom stereocenters. The van der Waals surface area contributed by atoms with Gasteiger partial charge in [-0.1, -0.05) is 20.8 Å². The van der Waals surface area contributed by atoms with Crippen molar-refractivity contribution in [3.05, 3.63) is 0 Å². The van der Waals surface area contributed by atoms with Gasteiger partial charge in [-0.2, -0.15) is 0 Å². The molecule has 0 heterocycles. The first-order valence-corrected chi connectivity index (χ1v) is 5.49. The lowest BCUT2D eigenvalue weighted by Gasteiger charge is -2.41. The molecule has 0 amide bonds. The van der Waals surface area contributed by atoms with E-state index in [4.69, 9.17) is 5.11 Å². The molecule has 0 aliphatic rings. The Morgan fingerprint density at radius 2 is 1.60 bits per heavy atom. The van der Waals surface area contributed by atoms with E-state index in [2.05, 4.69) is 13.8 Å². The molecule has 0 saturated carbocycles. The fourth-order valence-electron chi connectivity index (χ4n) is 1.77. The van der Waals surface area contributed by atoms with Crippen LogP contribution in [0, 0.1) is 17.3 Å². The summed E-state index contributed by atoms with van der Waals surface area (Å²) in [4.78, 5) is 11.1. The van der Waals surface area contributed by atoms with Crippen molar-refractivity contribution in [2.24, 2.45) is 17.3 Å². The molecule has 0 spiro atoms. The zero-order chi connectivity index (χ0) is 12.4. The molecular weight excluding hydrogens is 192 g/mol. The minimum Gasteiger partial charge on any atom is -0.481 e. The molecule has 15 heavy (non-hydrogen) atoms. The van der Waals surface area contributed by atoms with E-state index in [1.165, 1.54) is 0 Å². The van der Waals surface area contributed by atoms with Crippen molar-refractivity contribution >= 4 is 5.97 Å². The van der Waals surface area contributed by atoms with Crippen LogP contribution >= 0.6 is 0 Å². The summed E-state index contributed by atoms with van der Waals surface area (Å²) in [6.07, 6.45) is 0.823. The quantitative estimate of drug-likeness (QED) is 0.742. The maximum atomic E-state index is 11.1. The minimum absolute atomic E-state index is 0.0383. The van der Waals surface area contributed by atoms with Crippen LogP contribution in [-0.4, -0.2) is 21.8 Å². The van der Waals surface area contributed by atoms with Gasteiger partial charge in [0.15, 0.2) is 0 Å². The van der Waals surface area contributed by atoms with E-state index in [9.17, 15) is 9.90 Å². The van der Waals surface area contributed by atoms with Crippen LogP contribution in [0.2, 0.25) is 0 Å². The zero-order valence-corrected chi connectivity index (χ0v) is 10.7. The minimum atomic E-state index is -1.19. The van der Waals surface area contributed by atoms with Crippen LogP contribution in [-0.2, 0) is 4.79 Å². The highest BCUT2D eigenvalue weighted by atomic mass is 16.4. The first-order chi connectivity index (χ1) is 6.53. The molecule has 3 nitrogen and oxygen atoms in total. The molecule has 90 valence electrons. The van der Waals surface area contributed by atoms with Crippen molar-refractivity contribution < 1.29 is 15.0 Å². The summed E-state index contributed by atoms with van der Waals surface area (Å²) in [6.45, 7) is 10.8. The number of aliphatic hydroxyl groups is 1. The van der Waals surface area contributed by atoms with Gasteiger partial charge in [-0.3, -0.25) is 4.79 Å². The highest BCUT2D eigenvalue weighted by molar-refractivity contribution is 5.75. The zero-order valence-electron chi connectivity index (χ0n) is 10.7. The number of rotatable bonds is 5. The van der Waals surface area contributed by atoms with E-state index in [0.29, 0.717) is 5.92 Å². The Labute approximate surface area is 92.5 Å². The van der Waals surface area contributed by atoms with Crippen LogP contribution in [0.25, 0.3) is 0 Å². The van der Waals surface area contributed by atoms with Crippen LogP contribution in [0.3, 0.4) is 0 Å². The lowest BCUT2D eigenvalue weighted by molar-refractivity contribution is -0.169. The first-order valence-electron chi connectivity index (χ1n) is 5.49. The summed E-state index contributed by atoms with van der Waals surface area (Å²) in [5, 5.41) is 19.4. The Kier molecular flexibility index (Phi) is 4.35. The van der Waals surface area contributed by atoms with Crippen LogP contribution in [0.1, 0.15) is 48.0 Å². The lowest BCUT2D eigenvalue weighted by atomic mass is 9.67. The van der Waals surface area contributed by atoms with Crippen molar-refractivity contribution in [3.8, 4) is 0 Å². The summed E-state index contributed by atoms with van der Waals surface area (Å²) in [5.41, 5.74) is -2.32. The molecule has 0 aromatic heterocycles. The summed E-state index contributed by atoms with van der Waals surface area (Å²) in [7, 11) is 0. The molecule has 0 aliphatic heterocycles. The van der Waals surface area contributed by atoms with Gasteiger partial charge in [0.2, 0.25) is 0 Å². The molecule has 0 radical (unpaired) electrons. The van der Waals surface area contributed by atoms with Crippen LogP contribution < -0.4 is 0 Å². The van der Waals surface area contributed by atoms with Gasteiger partial charge in [-0.05, 0) is 39.0 Å².